The van der Waals surface area contributed by atoms with Crippen LogP contribution in [0.5, 0.6) is 0 Å². The van der Waals surface area contributed by atoms with Crippen molar-refractivity contribution in [2.45, 2.75) is 45.6 Å². The molecule has 2 rings (SSSR count). The van der Waals surface area contributed by atoms with Crippen LogP contribution in [0.25, 0.3) is 0 Å². The molecule has 0 saturated heterocycles. The van der Waals surface area contributed by atoms with Gasteiger partial charge in [0.15, 0.2) is 0 Å². The van der Waals surface area contributed by atoms with Gasteiger partial charge in [-0.3, -0.25) is 0 Å². The third-order valence-electron chi connectivity index (χ3n) is 2.72. The van der Waals surface area contributed by atoms with Crippen molar-refractivity contribution in [1.29, 1.82) is 0 Å². The van der Waals surface area contributed by atoms with E-state index in [4.69, 9.17) is 4.74 Å². The minimum atomic E-state index is 0.426. The van der Waals surface area contributed by atoms with Gasteiger partial charge in [0.2, 0.25) is 0 Å². The molecule has 1 saturated carbocycles. The fourth-order valence-electron chi connectivity index (χ4n) is 1.90. The quantitative estimate of drug-likeness (QED) is 0.665. The van der Waals surface area contributed by atoms with Crippen molar-refractivity contribution in [1.82, 2.24) is 0 Å². The van der Waals surface area contributed by atoms with Crippen LogP contribution in [-0.4, -0.2) is 13.2 Å². The Morgan fingerprint density at radius 1 is 1.36 bits per heavy atom. The highest BCUT2D eigenvalue weighted by atomic mass is 16.5. The van der Waals surface area contributed by atoms with E-state index in [1.807, 2.05) is 21.0 Å². The first-order chi connectivity index (χ1) is 6.92. The highest BCUT2D eigenvalue weighted by Crippen LogP contribution is 2.38. The Hall–Kier alpha value is -0.560. The van der Waals surface area contributed by atoms with Gasteiger partial charge in [-0.05, 0) is 37.2 Å². The summed E-state index contributed by atoms with van der Waals surface area (Å²) in [6.45, 7) is 4.00. The van der Waals surface area contributed by atoms with E-state index in [1.165, 1.54) is 31.3 Å². The zero-order chi connectivity index (χ0) is 10.4. The van der Waals surface area contributed by atoms with E-state index < -0.39 is 0 Å². The average molecular weight is 194 g/mol. The van der Waals surface area contributed by atoms with Gasteiger partial charge in [-0.2, -0.15) is 0 Å². The van der Waals surface area contributed by atoms with Crippen molar-refractivity contribution in [3.8, 4) is 0 Å². The Morgan fingerprint density at radius 2 is 2.07 bits per heavy atom. The van der Waals surface area contributed by atoms with Crippen LogP contribution in [0, 0.1) is 5.92 Å². The van der Waals surface area contributed by atoms with Gasteiger partial charge in [-0.15, -0.1) is 0 Å². The second-order valence-corrected chi connectivity index (χ2v) is 3.70. The Bertz CT molecular complexity index is 211. The molecule has 1 unspecified atom stereocenters. The summed E-state index contributed by atoms with van der Waals surface area (Å²) in [5.41, 5.74) is 1.50. The van der Waals surface area contributed by atoms with E-state index in [-0.39, 0.29) is 0 Å². The Balaban J connectivity index is 0.000000461. The fourth-order valence-corrected chi connectivity index (χ4v) is 1.90. The number of hydrogen-bond donors (Lipinski definition) is 0. The van der Waals surface area contributed by atoms with Gasteiger partial charge in [-0.25, -0.2) is 0 Å². The lowest BCUT2D eigenvalue weighted by molar-refractivity contribution is 0.111. The minimum absolute atomic E-state index is 0.426. The summed E-state index contributed by atoms with van der Waals surface area (Å²) in [4.78, 5) is 0. The summed E-state index contributed by atoms with van der Waals surface area (Å²) in [7, 11) is 1.84. The van der Waals surface area contributed by atoms with Crippen molar-refractivity contribution in [2.75, 3.05) is 7.11 Å². The van der Waals surface area contributed by atoms with E-state index in [0.29, 0.717) is 6.10 Å². The first-order valence-electron chi connectivity index (χ1n) is 5.80. The lowest BCUT2D eigenvalue weighted by Gasteiger charge is -2.19. The van der Waals surface area contributed by atoms with Crippen LogP contribution >= 0.6 is 0 Å². The molecule has 1 nitrogen and oxygen atoms in total. The van der Waals surface area contributed by atoms with Gasteiger partial charge < -0.3 is 4.74 Å². The molecule has 0 amide bonds. The van der Waals surface area contributed by atoms with Gasteiger partial charge >= 0.3 is 0 Å². The molecule has 2 aliphatic carbocycles. The molecule has 0 N–H and O–H groups in total. The third kappa shape index (κ3) is 2.98. The molecule has 80 valence electrons. The SMILES string of the molecule is CC.COC(C1=CC=CCC1)C1CC1. The highest BCUT2D eigenvalue weighted by molar-refractivity contribution is 5.22. The summed E-state index contributed by atoms with van der Waals surface area (Å²) in [6, 6.07) is 0. The van der Waals surface area contributed by atoms with E-state index in [9.17, 15) is 0 Å². The van der Waals surface area contributed by atoms with E-state index in [1.54, 1.807) is 0 Å². The van der Waals surface area contributed by atoms with Crippen LogP contribution in [0.4, 0.5) is 0 Å². The lowest BCUT2D eigenvalue weighted by Crippen LogP contribution is -2.17. The van der Waals surface area contributed by atoms with Crippen LogP contribution in [0.3, 0.4) is 0 Å². The molecule has 1 fully saturated rings. The molecular weight excluding hydrogens is 172 g/mol. The van der Waals surface area contributed by atoms with Crippen LogP contribution in [0.2, 0.25) is 0 Å². The molecular formula is C13H22O. The Kier molecular flexibility index (Phi) is 4.95. The smallest absolute Gasteiger partial charge is 0.0812 e. The first kappa shape index (κ1) is 11.5. The normalized spacial score (nSPS) is 22.1. The van der Waals surface area contributed by atoms with Crippen molar-refractivity contribution in [3.63, 3.8) is 0 Å². The number of allylic oxidation sites excluding steroid dienone is 3. The molecule has 0 heterocycles. The summed E-state index contributed by atoms with van der Waals surface area (Å²) >= 11 is 0. The van der Waals surface area contributed by atoms with Gasteiger partial charge in [0.1, 0.15) is 0 Å². The number of ether oxygens (including phenoxy) is 1. The Morgan fingerprint density at radius 3 is 2.50 bits per heavy atom. The first-order valence-corrected chi connectivity index (χ1v) is 5.80. The maximum Gasteiger partial charge on any atom is 0.0812 e. The number of methoxy groups -OCH3 is 1. The summed E-state index contributed by atoms with van der Waals surface area (Å²) < 4.78 is 5.51. The van der Waals surface area contributed by atoms with Gasteiger partial charge in [0, 0.05) is 7.11 Å². The maximum atomic E-state index is 5.51. The second kappa shape index (κ2) is 6.02. The minimum Gasteiger partial charge on any atom is -0.377 e. The molecule has 0 aromatic carbocycles. The maximum absolute atomic E-state index is 5.51. The largest absolute Gasteiger partial charge is 0.377 e. The van der Waals surface area contributed by atoms with Gasteiger partial charge in [-0.1, -0.05) is 32.1 Å². The fraction of sp³-hybridized carbons (Fsp3) is 0.692. The zero-order valence-corrected chi connectivity index (χ0v) is 9.62. The summed E-state index contributed by atoms with van der Waals surface area (Å²) in [5, 5.41) is 0. The van der Waals surface area contributed by atoms with E-state index in [0.717, 1.165) is 5.92 Å². The topological polar surface area (TPSA) is 9.23 Å². The van der Waals surface area contributed by atoms with Crippen LogP contribution < -0.4 is 0 Å². The van der Waals surface area contributed by atoms with Crippen LogP contribution in [-0.2, 0) is 4.74 Å². The van der Waals surface area contributed by atoms with Crippen molar-refractivity contribution < 1.29 is 4.74 Å². The van der Waals surface area contributed by atoms with Gasteiger partial charge in [0.25, 0.3) is 0 Å². The molecule has 0 spiro atoms. The van der Waals surface area contributed by atoms with E-state index >= 15 is 0 Å². The molecule has 0 aromatic rings. The molecule has 0 bridgehead atoms. The average Bonchev–Trinajstić information content (AvgIpc) is 3.08. The second-order valence-electron chi connectivity index (χ2n) is 3.70. The van der Waals surface area contributed by atoms with Crippen molar-refractivity contribution >= 4 is 0 Å². The predicted molar refractivity (Wildman–Crippen MR) is 61.3 cm³/mol. The van der Waals surface area contributed by atoms with Crippen molar-refractivity contribution in [3.05, 3.63) is 23.8 Å². The molecule has 0 radical (unpaired) electrons. The molecule has 1 atom stereocenters. The number of rotatable bonds is 3. The third-order valence-corrected chi connectivity index (χ3v) is 2.72. The molecule has 2 aliphatic rings. The van der Waals surface area contributed by atoms with E-state index in [2.05, 4.69) is 18.2 Å². The molecule has 0 aliphatic heterocycles. The lowest BCUT2D eigenvalue weighted by atomic mass is 9.97. The summed E-state index contributed by atoms with van der Waals surface area (Å²) in [5.74, 6) is 0.827. The predicted octanol–water partition coefficient (Wildman–Crippen LogP) is 3.71. The molecule has 1 heteroatoms. The van der Waals surface area contributed by atoms with Crippen molar-refractivity contribution in [2.24, 2.45) is 5.92 Å². The molecule has 14 heavy (non-hydrogen) atoms. The number of hydrogen-bond acceptors (Lipinski definition) is 1. The zero-order valence-electron chi connectivity index (χ0n) is 9.62. The molecule has 0 aromatic heterocycles. The standard InChI is InChI=1S/C11H16O.C2H6/c1-12-11(10-7-8-10)9-5-3-2-4-6-9;1-2/h2-3,5,10-11H,4,6-8H2,1H3;1-2H3. The van der Waals surface area contributed by atoms with Crippen LogP contribution in [0.1, 0.15) is 39.5 Å². The summed E-state index contributed by atoms with van der Waals surface area (Å²) in [6.07, 6.45) is 12.2. The van der Waals surface area contributed by atoms with Gasteiger partial charge in [0.05, 0.1) is 6.10 Å². The highest BCUT2D eigenvalue weighted by Gasteiger charge is 2.33. The monoisotopic (exact) mass is 194 g/mol. The van der Waals surface area contributed by atoms with Crippen LogP contribution in [0.15, 0.2) is 23.8 Å². The Labute approximate surface area is 87.8 Å².